The smallest absolute Gasteiger partial charge is 0.274 e. The van der Waals surface area contributed by atoms with Crippen LogP contribution in [-0.4, -0.2) is 86.4 Å². The summed E-state index contributed by atoms with van der Waals surface area (Å²) in [5.41, 5.74) is 3.90. The number of para-hydroxylation sites is 1. The molecule has 2 fully saturated rings. The van der Waals surface area contributed by atoms with Crippen LogP contribution in [0.4, 0.5) is 17.1 Å². The van der Waals surface area contributed by atoms with Crippen molar-refractivity contribution in [3.05, 3.63) is 81.4 Å². The molecule has 3 N–H and O–H groups in total. The third-order valence-electron chi connectivity index (χ3n) is 8.13. The van der Waals surface area contributed by atoms with Gasteiger partial charge in [0.05, 0.1) is 34.9 Å². The molecular formula is C31H33BrClN7O5S. The standard InChI is InChI=1S/C31H33BrClN7O5S/c1-37-29(28(35-36-37)22-6-3-4-7-27(22)45-2)31(42)39-15-13-38(14-16-39)26-19-25(23(32)18-24(26)33)34-30(41)20-8-10-21(11-9-20)40-12-5-17-46(40,43)44/h3-4,6-11,18-19,43-44H,5,12-17H2,1-2H3,(H,34,41). The Morgan fingerprint density at radius 3 is 2.41 bits per heavy atom. The van der Waals surface area contributed by atoms with E-state index in [4.69, 9.17) is 16.3 Å². The lowest BCUT2D eigenvalue weighted by Crippen LogP contribution is -2.49. The number of aryl methyl sites for hydroxylation is 1. The van der Waals surface area contributed by atoms with E-state index in [0.29, 0.717) is 94.0 Å². The van der Waals surface area contributed by atoms with Gasteiger partial charge >= 0.3 is 0 Å². The highest BCUT2D eigenvalue weighted by molar-refractivity contribution is 9.10. The summed E-state index contributed by atoms with van der Waals surface area (Å²) in [7, 11) is 0.466. The van der Waals surface area contributed by atoms with Crippen LogP contribution < -0.4 is 19.3 Å². The summed E-state index contributed by atoms with van der Waals surface area (Å²) in [4.78, 5) is 30.8. The number of nitrogens with one attached hydrogen (secondary N) is 1. The van der Waals surface area contributed by atoms with Crippen LogP contribution in [0.25, 0.3) is 11.3 Å². The lowest BCUT2D eigenvalue weighted by atomic mass is 10.1. The minimum atomic E-state index is -2.81. The van der Waals surface area contributed by atoms with Gasteiger partial charge in [-0.25, -0.2) is 4.68 Å². The summed E-state index contributed by atoms with van der Waals surface area (Å²) < 4.78 is 29.7. The van der Waals surface area contributed by atoms with Gasteiger partial charge in [0.15, 0.2) is 5.69 Å². The van der Waals surface area contributed by atoms with Gasteiger partial charge in [0.2, 0.25) is 0 Å². The number of halogens is 2. The molecule has 0 radical (unpaired) electrons. The molecule has 2 saturated heterocycles. The van der Waals surface area contributed by atoms with E-state index in [0.717, 1.165) is 5.69 Å². The second kappa shape index (κ2) is 13.1. The predicted molar refractivity (Wildman–Crippen MR) is 184 cm³/mol. The number of piperazine rings is 1. The van der Waals surface area contributed by atoms with E-state index in [2.05, 4.69) is 36.5 Å². The van der Waals surface area contributed by atoms with Crippen LogP contribution in [0.5, 0.6) is 5.75 Å². The molecule has 2 aliphatic heterocycles. The second-order valence-electron chi connectivity index (χ2n) is 11.0. The molecule has 2 amide bonds. The number of methoxy groups -OCH3 is 1. The average Bonchev–Trinajstić information content (AvgIpc) is 3.62. The first-order valence-electron chi connectivity index (χ1n) is 14.6. The monoisotopic (exact) mass is 729 g/mol. The minimum absolute atomic E-state index is 0.177. The van der Waals surface area contributed by atoms with Crippen molar-refractivity contribution in [1.29, 1.82) is 0 Å². The van der Waals surface area contributed by atoms with E-state index in [9.17, 15) is 18.7 Å². The molecule has 242 valence electrons. The van der Waals surface area contributed by atoms with Crippen LogP contribution in [0.15, 0.2) is 65.1 Å². The zero-order chi connectivity index (χ0) is 32.6. The first-order chi connectivity index (χ1) is 22.1. The summed E-state index contributed by atoms with van der Waals surface area (Å²) >= 11 is 10.2. The zero-order valence-corrected chi connectivity index (χ0v) is 28.3. The number of aromatic nitrogens is 3. The molecule has 0 unspecified atom stereocenters. The number of ether oxygens (including phenoxy) is 1. The Bertz CT molecular complexity index is 1780. The number of amides is 2. The molecule has 2 aliphatic rings. The Kier molecular flexibility index (Phi) is 9.17. The Morgan fingerprint density at radius 1 is 1.02 bits per heavy atom. The van der Waals surface area contributed by atoms with E-state index >= 15 is 0 Å². The van der Waals surface area contributed by atoms with Crippen LogP contribution in [0, 0.1) is 0 Å². The molecule has 4 aromatic rings. The number of carbonyl (C=O) groups excluding carboxylic acids is 2. The van der Waals surface area contributed by atoms with Crippen molar-refractivity contribution in [2.24, 2.45) is 7.05 Å². The molecule has 3 aromatic carbocycles. The highest BCUT2D eigenvalue weighted by Crippen LogP contribution is 2.50. The molecule has 1 aromatic heterocycles. The predicted octanol–water partition coefficient (Wildman–Crippen LogP) is 6.00. The van der Waals surface area contributed by atoms with E-state index in [1.54, 1.807) is 53.7 Å². The van der Waals surface area contributed by atoms with Crippen molar-refractivity contribution in [2.75, 3.05) is 60.1 Å². The molecule has 0 atom stereocenters. The molecule has 12 nitrogen and oxygen atoms in total. The third kappa shape index (κ3) is 6.27. The summed E-state index contributed by atoms with van der Waals surface area (Å²) in [6, 6.07) is 17.7. The molecule has 0 bridgehead atoms. The van der Waals surface area contributed by atoms with Crippen LogP contribution in [-0.2, 0) is 7.05 Å². The van der Waals surface area contributed by atoms with Crippen LogP contribution in [0.2, 0.25) is 5.02 Å². The Hall–Kier alpha value is -3.82. The minimum Gasteiger partial charge on any atom is -0.496 e. The topological polar surface area (TPSA) is 136 Å². The molecule has 46 heavy (non-hydrogen) atoms. The summed E-state index contributed by atoms with van der Waals surface area (Å²) in [6.07, 6.45) is 0.704. The van der Waals surface area contributed by atoms with Crippen molar-refractivity contribution in [2.45, 2.75) is 6.42 Å². The fourth-order valence-corrected chi connectivity index (χ4v) is 8.20. The quantitative estimate of drug-likeness (QED) is 0.209. The van der Waals surface area contributed by atoms with Crippen molar-refractivity contribution < 1.29 is 23.4 Å². The largest absolute Gasteiger partial charge is 0.496 e. The molecular weight excluding hydrogens is 698 g/mol. The van der Waals surface area contributed by atoms with E-state index in [1.807, 2.05) is 30.3 Å². The Morgan fingerprint density at radius 2 is 1.74 bits per heavy atom. The molecule has 15 heteroatoms. The fraction of sp³-hybridized carbons (Fsp3) is 0.290. The van der Waals surface area contributed by atoms with E-state index < -0.39 is 10.8 Å². The van der Waals surface area contributed by atoms with Crippen LogP contribution >= 0.6 is 38.3 Å². The molecule has 0 aliphatic carbocycles. The van der Waals surface area contributed by atoms with Gasteiger partial charge in [-0.15, -0.1) is 15.9 Å². The SMILES string of the molecule is COc1ccccc1-c1nnn(C)c1C(=O)N1CCN(c2cc(NC(=O)c3ccc(N4CCCS4(O)O)cc3)c(Br)cc2Cl)CC1. The summed E-state index contributed by atoms with van der Waals surface area (Å²) in [5.74, 6) is 0.456. The first kappa shape index (κ1) is 32.1. The summed E-state index contributed by atoms with van der Waals surface area (Å²) in [5, 5.41) is 11.9. The van der Waals surface area contributed by atoms with Gasteiger partial charge < -0.3 is 19.9 Å². The number of benzene rings is 3. The Balaban J connectivity index is 1.14. The maximum absolute atomic E-state index is 13.7. The van der Waals surface area contributed by atoms with Crippen molar-refractivity contribution >= 4 is 67.2 Å². The van der Waals surface area contributed by atoms with Gasteiger partial charge in [0.25, 0.3) is 11.8 Å². The highest BCUT2D eigenvalue weighted by Gasteiger charge is 2.31. The fourth-order valence-electron chi connectivity index (χ4n) is 5.72. The second-order valence-corrected chi connectivity index (χ2v) is 14.3. The maximum atomic E-state index is 13.7. The number of anilines is 3. The lowest BCUT2D eigenvalue weighted by molar-refractivity contribution is 0.0736. The van der Waals surface area contributed by atoms with Gasteiger partial charge in [-0.1, -0.05) is 28.9 Å². The van der Waals surface area contributed by atoms with E-state index in [-0.39, 0.29) is 11.8 Å². The van der Waals surface area contributed by atoms with Crippen molar-refractivity contribution in [3.63, 3.8) is 0 Å². The maximum Gasteiger partial charge on any atom is 0.274 e. The van der Waals surface area contributed by atoms with Gasteiger partial charge in [-0.05, 0) is 70.9 Å². The van der Waals surface area contributed by atoms with Crippen LogP contribution in [0.3, 0.4) is 0 Å². The number of carbonyl (C=O) groups is 2. The molecule has 6 rings (SSSR count). The number of nitrogens with zero attached hydrogens (tertiary/aromatic N) is 6. The van der Waals surface area contributed by atoms with Gasteiger partial charge in [-0.3, -0.25) is 23.0 Å². The Labute approximate surface area is 281 Å². The normalized spacial score (nSPS) is 16.8. The number of hydrogen-bond acceptors (Lipinski definition) is 9. The lowest BCUT2D eigenvalue weighted by Gasteiger charge is -2.38. The average molecular weight is 731 g/mol. The number of hydrogen-bond donors (Lipinski definition) is 3. The molecule has 0 saturated carbocycles. The van der Waals surface area contributed by atoms with Crippen molar-refractivity contribution in [1.82, 2.24) is 19.9 Å². The van der Waals surface area contributed by atoms with Gasteiger partial charge in [0.1, 0.15) is 11.4 Å². The number of rotatable bonds is 7. The third-order valence-corrected chi connectivity index (χ3v) is 11.0. The van der Waals surface area contributed by atoms with Crippen LogP contribution in [0.1, 0.15) is 27.3 Å². The highest BCUT2D eigenvalue weighted by atomic mass is 79.9. The van der Waals surface area contributed by atoms with E-state index in [1.165, 1.54) is 4.68 Å². The molecule has 0 spiro atoms. The molecule has 3 heterocycles. The van der Waals surface area contributed by atoms with Gasteiger partial charge in [0, 0.05) is 55.4 Å². The zero-order valence-electron chi connectivity index (χ0n) is 25.2. The van der Waals surface area contributed by atoms with Crippen molar-refractivity contribution in [3.8, 4) is 17.0 Å². The van der Waals surface area contributed by atoms with Gasteiger partial charge in [-0.2, -0.15) is 0 Å². The first-order valence-corrected chi connectivity index (χ1v) is 17.4. The summed E-state index contributed by atoms with van der Waals surface area (Å²) in [6.45, 7) is 2.48.